The largest absolute Gasteiger partial charge is 0.377 e. The van der Waals surface area contributed by atoms with Gasteiger partial charge in [-0.05, 0) is 48.6 Å². The van der Waals surface area contributed by atoms with Gasteiger partial charge in [-0.2, -0.15) is 0 Å². The quantitative estimate of drug-likeness (QED) is 0.148. The Balaban J connectivity index is 1.39. The number of alkyl halides is 1. The van der Waals surface area contributed by atoms with Crippen LogP contribution in [0.2, 0.25) is 0 Å². The van der Waals surface area contributed by atoms with Crippen LogP contribution in [-0.2, 0) is 24.6 Å². The van der Waals surface area contributed by atoms with E-state index in [0.717, 1.165) is 56.9 Å². The number of fused-ring (bicyclic) bond motifs is 3. The standard InChI is InChI=1S/C37H42BrN3O4/c1-36(34(43)40-30-19-11-6-12-20-30)31(32(38)33(42)39-29-17-9-5-10-18-29)27-21-25-41(36,26-22-27)45-35(44)37(23-13-2-3-14-24-37)28-15-7-4-8-16-28/h4-12,15-20,27,31-32H,2-3,13-14,21-26H2,1H3,(H-,39,40,42,43)/p+1/t27?,31?,32-,36?,41?/m1/s1. The molecule has 7 nitrogen and oxygen atoms in total. The number of halogens is 1. The Morgan fingerprint density at radius 3 is 1.84 bits per heavy atom. The fraction of sp³-hybridized carbons (Fsp3) is 0.432. The van der Waals surface area contributed by atoms with E-state index in [-0.39, 0.29) is 28.3 Å². The molecule has 3 heterocycles. The molecule has 2 N–H and O–H groups in total. The van der Waals surface area contributed by atoms with E-state index in [9.17, 15) is 14.4 Å². The maximum atomic E-state index is 14.8. The summed E-state index contributed by atoms with van der Waals surface area (Å²) < 4.78 is -0.124. The summed E-state index contributed by atoms with van der Waals surface area (Å²) in [7, 11) is 0. The molecule has 3 saturated heterocycles. The third-order valence-electron chi connectivity index (χ3n) is 10.8. The first kappa shape index (κ1) is 31.5. The molecule has 4 fully saturated rings. The zero-order valence-electron chi connectivity index (χ0n) is 25.9. The highest BCUT2D eigenvalue weighted by atomic mass is 79.9. The van der Waals surface area contributed by atoms with E-state index < -0.39 is 21.7 Å². The number of carbonyl (C=O) groups excluding carboxylic acids is 3. The Hall–Kier alpha value is -3.49. The number of para-hydroxylation sites is 2. The van der Waals surface area contributed by atoms with Crippen molar-refractivity contribution < 1.29 is 23.9 Å². The van der Waals surface area contributed by atoms with Crippen LogP contribution in [0.25, 0.3) is 0 Å². The highest BCUT2D eigenvalue weighted by molar-refractivity contribution is 9.10. The van der Waals surface area contributed by atoms with Crippen molar-refractivity contribution in [3.63, 3.8) is 0 Å². The van der Waals surface area contributed by atoms with Gasteiger partial charge in [0.15, 0.2) is 0 Å². The minimum Gasteiger partial charge on any atom is -0.325 e. The Labute approximate surface area is 274 Å². The Kier molecular flexibility index (Phi) is 9.16. The van der Waals surface area contributed by atoms with Gasteiger partial charge in [-0.25, -0.2) is 4.79 Å². The minimum absolute atomic E-state index is 0.0992. The zero-order valence-corrected chi connectivity index (χ0v) is 27.5. The van der Waals surface area contributed by atoms with Crippen molar-refractivity contribution in [2.75, 3.05) is 23.7 Å². The molecule has 2 bridgehead atoms. The zero-order chi connectivity index (χ0) is 31.5. The van der Waals surface area contributed by atoms with Crippen LogP contribution in [-0.4, -0.2) is 45.9 Å². The second kappa shape index (κ2) is 13.1. The van der Waals surface area contributed by atoms with Crippen molar-refractivity contribution in [3.05, 3.63) is 96.6 Å². The lowest BCUT2D eigenvalue weighted by atomic mass is 9.63. The second-order valence-corrected chi connectivity index (χ2v) is 14.2. The normalized spacial score (nSPS) is 27.9. The van der Waals surface area contributed by atoms with Crippen molar-refractivity contribution in [3.8, 4) is 0 Å². The summed E-state index contributed by atoms with van der Waals surface area (Å²) in [5.41, 5.74) is 0.326. The number of piperidine rings is 3. The summed E-state index contributed by atoms with van der Waals surface area (Å²) in [5.74, 6) is -1.05. The van der Waals surface area contributed by atoms with Gasteiger partial charge < -0.3 is 10.6 Å². The number of rotatable bonds is 8. The number of quaternary nitrogens is 1. The average Bonchev–Trinajstić information content (AvgIpc) is 3.34. The average molecular weight is 674 g/mol. The van der Waals surface area contributed by atoms with Crippen LogP contribution in [0.15, 0.2) is 91.0 Å². The molecule has 3 aliphatic heterocycles. The summed E-state index contributed by atoms with van der Waals surface area (Å²) in [5, 5.41) is 6.17. The fourth-order valence-corrected chi connectivity index (χ4v) is 9.29. The van der Waals surface area contributed by atoms with Crippen LogP contribution in [0.3, 0.4) is 0 Å². The predicted molar refractivity (Wildman–Crippen MR) is 179 cm³/mol. The molecular formula is C37H43BrN3O4+. The smallest absolute Gasteiger partial charge is 0.325 e. The molecule has 1 aliphatic carbocycles. The van der Waals surface area contributed by atoms with Crippen LogP contribution in [0, 0.1) is 11.8 Å². The minimum atomic E-state index is -1.24. The van der Waals surface area contributed by atoms with E-state index in [1.807, 2.05) is 97.9 Å². The first-order valence-corrected chi connectivity index (χ1v) is 17.2. The topological polar surface area (TPSA) is 84.5 Å². The van der Waals surface area contributed by atoms with Crippen LogP contribution in [0.1, 0.15) is 63.9 Å². The lowest BCUT2D eigenvalue weighted by Gasteiger charge is -2.60. The van der Waals surface area contributed by atoms with Gasteiger partial charge in [0.25, 0.3) is 5.91 Å². The monoisotopic (exact) mass is 672 g/mol. The Morgan fingerprint density at radius 2 is 1.29 bits per heavy atom. The summed E-state index contributed by atoms with van der Waals surface area (Å²) in [6.45, 7) is 2.95. The summed E-state index contributed by atoms with van der Waals surface area (Å²) >= 11 is 3.78. The van der Waals surface area contributed by atoms with E-state index in [0.29, 0.717) is 24.5 Å². The molecule has 2 unspecified atom stereocenters. The third kappa shape index (κ3) is 5.83. The highest BCUT2D eigenvalue weighted by Gasteiger charge is 2.71. The van der Waals surface area contributed by atoms with Gasteiger partial charge >= 0.3 is 5.97 Å². The molecule has 4 aliphatic rings. The number of hydrogen-bond acceptors (Lipinski definition) is 4. The van der Waals surface area contributed by atoms with Gasteiger partial charge in [0, 0.05) is 31.1 Å². The molecule has 1 saturated carbocycles. The van der Waals surface area contributed by atoms with E-state index >= 15 is 0 Å². The molecule has 0 radical (unpaired) electrons. The first-order valence-electron chi connectivity index (χ1n) is 16.3. The molecule has 45 heavy (non-hydrogen) atoms. The number of benzene rings is 3. The molecule has 2 amide bonds. The number of hydrogen-bond donors (Lipinski definition) is 2. The molecule has 0 spiro atoms. The molecule has 3 atom stereocenters. The number of nitrogens with one attached hydrogen (secondary N) is 2. The highest BCUT2D eigenvalue weighted by Crippen LogP contribution is 2.54. The number of nitrogens with zero attached hydrogens (tertiary/aromatic N) is 1. The predicted octanol–water partition coefficient (Wildman–Crippen LogP) is 7.39. The van der Waals surface area contributed by atoms with Gasteiger partial charge in [-0.1, -0.05) is 108 Å². The molecule has 3 aromatic rings. The van der Waals surface area contributed by atoms with Gasteiger partial charge in [-0.15, -0.1) is 4.65 Å². The van der Waals surface area contributed by atoms with Crippen molar-refractivity contribution in [1.29, 1.82) is 0 Å². The SMILES string of the molecule is CC1(C(=O)Nc2ccccc2)C([C@@H](Br)C(=O)Nc2ccccc2)C2CC[N+]1(OC(=O)C1(c3ccccc3)CCCCCC1)CC2. The van der Waals surface area contributed by atoms with E-state index in [1.165, 1.54) is 0 Å². The Bertz CT molecular complexity index is 1490. The van der Waals surface area contributed by atoms with Crippen molar-refractivity contribution in [1.82, 2.24) is 0 Å². The number of amides is 2. The van der Waals surface area contributed by atoms with Gasteiger partial charge in [-0.3, -0.25) is 14.4 Å². The van der Waals surface area contributed by atoms with Crippen molar-refractivity contribution in [2.24, 2.45) is 11.8 Å². The first-order chi connectivity index (χ1) is 21.8. The fourth-order valence-electron chi connectivity index (χ4n) is 8.23. The van der Waals surface area contributed by atoms with Crippen molar-refractivity contribution in [2.45, 2.75) is 74.1 Å². The third-order valence-corrected chi connectivity index (χ3v) is 11.7. The summed E-state index contributed by atoms with van der Waals surface area (Å²) in [4.78, 5) is 49.4. The van der Waals surface area contributed by atoms with Gasteiger partial charge in [0.05, 0.1) is 11.3 Å². The van der Waals surface area contributed by atoms with Gasteiger partial charge in [0.1, 0.15) is 17.9 Å². The lowest BCUT2D eigenvalue weighted by molar-refractivity contribution is -1.13. The lowest BCUT2D eigenvalue weighted by Crippen LogP contribution is -2.80. The van der Waals surface area contributed by atoms with Crippen LogP contribution in [0.4, 0.5) is 11.4 Å². The second-order valence-electron chi connectivity index (χ2n) is 13.2. The number of hydroxylamine groups is 3. The molecule has 3 aromatic carbocycles. The number of carbonyl (C=O) groups is 3. The summed E-state index contributed by atoms with van der Waals surface area (Å²) in [6.07, 6.45) is 7.02. The summed E-state index contributed by atoms with van der Waals surface area (Å²) in [6, 6.07) is 28.8. The van der Waals surface area contributed by atoms with E-state index in [1.54, 1.807) is 0 Å². The maximum absolute atomic E-state index is 14.8. The maximum Gasteiger partial charge on any atom is 0.377 e. The van der Waals surface area contributed by atoms with Crippen LogP contribution < -0.4 is 10.6 Å². The molecule has 8 heteroatoms. The van der Waals surface area contributed by atoms with Crippen LogP contribution >= 0.6 is 15.9 Å². The molecule has 7 rings (SSSR count). The molecular weight excluding hydrogens is 630 g/mol. The van der Waals surface area contributed by atoms with E-state index in [4.69, 9.17) is 4.84 Å². The van der Waals surface area contributed by atoms with Crippen LogP contribution in [0.5, 0.6) is 0 Å². The number of anilines is 2. The Morgan fingerprint density at radius 1 is 0.778 bits per heavy atom. The molecule has 236 valence electrons. The van der Waals surface area contributed by atoms with Crippen molar-refractivity contribution >= 4 is 45.1 Å². The van der Waals surface area contributed by atoms with E-state index in [2.05, 4.69) is 26.6 Å². The molecule has 0 aromatic heterocycles. The van der Waals surface area contributed by atoms with Gasteiger partial charge in [0.2, 0.25) is 11.4 Å².